The van der Waals surface area contributed by atoms with Crippen molar-refractivity contribution in [3.05, 3.63) is 24.3 Å². The molecule has 128 valence electrons. The maximum absolute atomic E-state index is 12.4. The molecule has 0 radical (unpaired) electrons. The fraction of sp³-hybridized carbons (Fsp3) is 0.562. The predicted molar refractivity (Wildman–Crippen MR) is 90.8 cm³/mol. The second-order valence-corrected chi connectivity index (χ2v) is 8.08. The molecular formula is C16H25N3O3S. The Kier molecular flexibility index (Phi) is 5.78. The maximum Gasteiger partial charge on any atom is 0.240 e. The molecule has 6 nitrogen and oxygen atoms in total. The molecule has 0 aromatic heterocycles. The molecule has 1 heterocycles. The Labute approximate surface area is 138 Å². The molecule has 1 fully saturated rings. The molecule has 0 unspecified atom stereocenters. The van der Waals surface area contributed by atoms with Crippen LogP contribution in [0.2, 0.25) is 0 Å². The predicted octanol–water partition coefficient (Wildman–Crippen LogP) is 1.70. The molecule has 0 aliphatic carbocycles. The van der Waals surface area contributed by atoms with Crippen molar-refractivity contribution in [2.45, 2.75) is 38.0 Å². The first-order valence-electron chi connectivity index (χ1n) is 7.95. The van der Waals surface area contributed by atoms with Gasteiger partial charge in [-0.05, 0) is 55.6 Å². The number of sulfonamides is 1. The van der Waals surface area contributed by atoms with Crippen LogP contribution < -0.4 is 15.4 Å². The number of piperidine rings is 1. The zero-order chi connectivity index (χ0) is 16.9. The fourth-order valence-electron chi connectivity index (χ4n) is 2.53. The van der Waals surface area contributed by atoms with E-state index in [1.165, 1.54) is 12.1 Å². The molecule has 0 atom stereocenters. The standard InChI is InChI=1S/C16H25N3O3S/c1-3-15(20)19-13-4-6-14(7-5-13)23(21,22)18-12-16(2)8-10-17-11-9-16/h4-7,17-18H,3,8-12H2,1-2H3,(H,19,20). The van der Waals surface area contributed by atoms with Crippen LogP contribution in [0.3, 0.4) is 0 Å². The molecule has 2 rings (SSSR count). The van der Waals surface area contributed by atoms with E-state index in [2.05, 4.69) is 22.3 Å². The van der Waals surface area contributed by atoms with Crippen LogP contribution >= 0.6 is 0 Å². The monoisotopic (exact) mass is 339 g/mol. The first-order valence-corrected chi connectivity index (χ1v) is 9.43. The highest BCUT2D eigenvalue weighted by molar-refractivity contribution is 7.89. The lowest BCUT2D eigenvalue weighted by Gasteiger charge is -2.34. The lowest BCUT2D eigenvalue weighted by molar-refractivity contribution is -0.115. The Morgan fingerprint density at radius 2 is 1.83 bits per heavy atom. The summed E-state index contributed by atoms with van der Waals surface area (Å²) in [5.74, 6) is -0.0995. The van der Waals surface area contributed by atoms with Crippen molar-refractivity contribution in [3.8, 4) is 0 Å². The lowest BCUT2D eigenvalue weighted by Crippen LogP contribution is -2.42. The van der Waals surface area contributed by atoms with Crippen LogP contribution in [0.5, 0.6) is 0 Å². The van der Waals surface area contributed by atoms with Gasteiger partial charge in [0.1, 0.15) is 0 Å². The number of hydrogen-bond acceptors (Lipinski definition) is 4. The summed E-state index contributed by atoms with van der Waals surface area (Å²) in [6.45, 7) is 6.15. The van der Waals surface area contributed by atoms with E-state index >= 15 is 0 Å². The normalized spacial score (nSPS) is 17.7. The number of carbonyl (C=O) groups excluding carboxylic acids is 1. The summed E-state index contributed by atoms with van der Waals surface area (Å²) in [5, 5.41) is 5.98. The van der Waals surface area contributed by atoms with Gasteiger partial charge in [0.05, 0.1) is 4.90 Å². The molecule has 1 amide bonds. The molecule has 0 bridgehead atoms. The van der Waals surface area contributed by atoms with Crippen LogP contribution in [0.25, 0.3) is 0 Å². The van der Waals surface area contributed by atoms with Gasteiger partial charge in [0.2, 0.25) is 15.9 Å². The minimum absolute atomic E-state index is 0.00659. The van der Waals surface area contributed by atoms with Gasteiger partial charge in [-0.15, -0.1) is 0 Å². The van der Waals surface area contributed by atoms with E-state index in [1.54, 1.807) is 19.1 Å². The average molecular weight is 339 g/mol. The van der Waals surface area contributed by atoms with Gasteiger partial charge < -0.3 is 10.6 Å². The summed E-state index contributed by atoms with van der Waals surface area (Å²) in [4.78, 5) is 11.5. The quantitative estimate of drug-likeness (QED) is 0.736. The zero-order valence-electron chi connectivity index (χ0n) is 13.7. The first-order chi connectivity index (χ1) is 10.8. The number of nitrogens with one attached hydrogen (secondary N) is 3. The highest BCUT2D eigenvalue weighted by Gasteiger charge is 2.28. The Balaban J connectivity index is 2.00. The van der Waals surface area contributed by atoms with Gasteiger partial charge in [-0.25, -0.2) is 13.1 Å². The van der Waals surface area contributed by atoms with Crippen LogP contribution in [0.1, 0.15) is 33.1 Å². The summed E-state index contributed by atoms with van der Waals surface area (Å²) >= 11 is 0. The number of rotatable bonds is 6. The minimum atomic E-state index is -3.53. The Bertz CT molecular complexity index is 635. The molecule has 1 aromatic rings. The van der Waals surface area contributed by atoms with Gasteiger partial charge in [-0.1, -0.05) is 13.8 Å². The summed E-state index contributed by atoms with van der Waals surface area (Å²) in [6.07, 6.45) is 2.30. The summed E-state index contributed by atoms with van der Waals surface area (Å²) in [6, 6.07) is 6.24. The van der Waals surface area contributed by atoms with E-state index < -0.39 is 10.0 Å². The molecule has 3 N–H and O–H groups in total. The van der Waals surface area contributed by atoms with Crippen LogP contribution in [0.4, 0.5) is 5.69 Å². The van der Waals surface area contributed by atoms with Crippen molar-refractivity contribution >= 4 is 21.6 Å². The lowest BCUT2D eigenvalue weighted by atomic mass is 9.81. The zero-order valence-corrected chi connectivity index (χ0v) is 14.5. The molecule has 0 spiro atoms. The molecule has 1 saturated heterocycles. The van der Waals surface area contributed by atoms with Crippen LogP contribution in [0, 0.1) is 5.41 Å². The van der Waals surface area contributed by atoms with E-state index in [0.29, 0.717) is 18.7 Å². The van der Waals surface area contributed by atoms with E-state index in [4.69, 9.17) is 0 Å². The minimum Gasteiger partial charge on any atom is -0.326 e. The van der Waals surface area contributed by atoms with Crippen LogP contribution in [-0.4, -0.2) is 34.0 Å². The maximum atomic E-state index is 12.4. The largest absolute Gasteiger partial charge is 0.326 e. The number of anilines is 1. The summed E-state index contributed by atoms with van der Waals surface area (Å²) < 4.78 is 27.5. The third-order valence-electron chi connectivity index (χ3n) is 4.27. The van der Waals surface area contributed by atoms with Crippen LogP contribution in [-0.2, 0) is 14.8 Å². The average Bonchev–Trinajstić information content (AvgIpc) is 2.54. The van der Waals surface area contributed by atoms with Crippen molar-refractivity contribution in [3.63, 3.8) is 0 Å². The highest BCUT2D eigenvalue weighted by atomic mass is 32.2. The van der Waals surface area contributed by atoms with Crippen molar-refractivity contribution in [1.29, 1.82) is 0 Å². The number of hydrogen-bond donors (Lipinski definition) is 3. The van der Waals surface area contributed by atoms with Crippen molar-refractivity contribution in [2.75, 3.05) is 25.0 Å². The highest BCUT2D eigenvalue weighted by Crippen LogP contribution is 2.27. The summed E-state index contributed by atoms with van der Waals surface area (Å²) in [5.41, 5.74) is 0.592. The Hall–Kier alpha value is -1.44. The van der Waals surface area contributed by atoms with E-state index in [-0.39, 0.29) is 16.2 Å². The fourth-order valence-corrected chi connectivity index (χ4v) is 3.73. The smallest absolute Gasteiger partial charge is 0.240 e. The van der Waals surface area contributed by atoms with Crippen molar-refractivity contribution < 1.29 is 13.2 Å². The van der Waals surface area contributed by atoms with Crippen LogP contribution in [0.15, 0.2) is 29.2 Å². The molecule has 23 heavy (non-hydrogen) atoms. The number of amides is 1. The third-order valence-corrected chi connectivity index (χ3v) is 5.69. The second kappa shape index (κ2) is 7.42. The molecular weight excluding hydrogens is 314 g/mol. The third kappa shape index (κ3) is 5.02. The first kappa shape index (κ1) is 17.9. The van der Waals surface area contributed by atoms with E-state index in [1.807, 2.05) is 0 Å². The van der Waals surface area contributed by atoms with Gasteiger partial charge in [0.15, 0.2) is 0 Å². The van der Waals surface area contributed by atoms with Gasteiger partial charge in [-0.2, -0.15) is 0 Å². The number of carbonyl (C=O) groups is 1. The molecule has 7 heteroatoms. The SMILES string of the molecule is CCC(=O)Nc1ccc(S(=O)(=O)NCC2(C)CCNCC2)cc1. The van der Waals surface area contributed by atoms with Gasteiger partial charge in [-0.3, -0.25) is 4.79 Å². The molecule has 1 aliphatic heterocycles. The van der Waals surface area contributed by atoms with Gasteiger partial charge in [0, 0.05) is 18.7 Å². The van der Waals surface area contributed by atoms with Crippen molar-refractivity contribution in [1.82, 2.24) is 10.0 Å². The van der Waals surface area contributed by atoms with E-state index in [9.17, 15) is 13.2 Å². The van der Waals surface area contributed by atoms with E-state index in [0.717, 1.165) is 25.9 Å². The summed E-state index contributed by atoms with van der Waals surface area (Å²) in [7, 11) is -3.53. The van der Waals surface area contributed by atoms with Crippen molar-refractivity contribution in [2.24, 2.45) is 5.41 Å². The van der Waals surface area contributed by atoms with Gasteiger partial charge in [0.25, 0.3) is 0 Å². The second-order valence-electron chi connectivity index (χ2n) is 6.31. The topological polar surface area (TPSA) is 87.3 Å². The molecule has 0 saturated carbocycles. The van der Waals surface area contributed by atoms with Gasteiger partial charge >= 0.3 is 0 Å². The Morgan fingerprint density at radius 3 is 2.39 bits per heavy atom. The molecule has 1 aromatic carbocycles. The number of benzene rings is 1. The molecule has 1 aliphatic rings. The Morgan fingerprint density at radius 1 is 1.22 bits per heavy atom.